The first-order valence-electron chi connectivity index (χ1n) is 4.11. The van der Waals surface area contributed by atoms with E-state index in [-0.39, 0.29) is 35.2 Å². The number of hydrogen-bond donors (Lipinski definition) is 0. The molecule has 3 rings (SSSR count). The Labute approximate surface area is 93.9 Å². The molecule has 3 heteroatoms. The summed E-state index contributed by atoms with van der Waals surface area (Å²) in [6, 6.07) is 0. The van der Waals surface area contributed by atoms with Crippen LogP contribution in [0.25, 0.3) is 0 Å². The minimum Gasteiger partial charge on any atom is -0.495 e. The molecule has 0 bridgehead atoms. The zero-order valence-electron chi connectivity index (χ0n) is 7.25. The third-order valence-electron chi connectivity index (χ3n) is 2.64. The summed E-state index contributed by atoms with van der Waals surface area (Å²) in [6.07, 6.45) is 8.75. The summed E-state index contributed by atoms with van der Waals surface area (Å²) in [4.78, 5) is 0. The van der Waals surface area contributed by atoms with Gasteiger partial charge in [-0.25, -0.2) is 0 Å². The Balaban J connectivity index is 0.000000563. The molecule has 2 atom stereocenters. The van der Waals surface area contributed by atoms with Crippen LogP contribution in [0.15, 0.2) is 24.0 Å². The Morgan fingerprint density at radius 3 is 3.25 bits per heavy atom. The Morgan fingerprint density at radius 2 is 2.42 bits per heavy atom. The first-order valence-corrected chi connectivity index (χ1v) is 4.11. The summed E-state index contributed by atoms with van der Waals surface area (Å²) in [5.41, 5.74) is -0.00694. The minimum atomic E-state index is -0.00694. The van der Waals surface area contributed by atoms with Crippen LogP contribution in [0.1, 0.15) is 12.8 Å². The molecule has 2 fully saturated rings. The maximum atomic E-state index is 5.59. The topological polar surface area (TPSA) is 21.8 Å². The molecule has 2 nitrogen and oxygen atoms in total. The van der Waals surface area contributed by atoms with Crippen molar-refractivity contribution in [3.05, 3.63) is 24.0 Å². The smallest absolute Gasteiger partial charge is 0.155 e. The monoisotopic (exact) mass is 173 g/mol. The number of allylic oxidation sites excluding steroid dienone is 2. The van der Waals surface area contributed by atoms with Crippen LogP contribution in [0.3, 0.4) is 0 Å². The summed E-state index contributed by atoms with van der Waals surface area (Å²) in [6.45, 7) is 0.859. The third-order valence-corrected chi connectivity index (χ3v) is 2.64. The zero-order chi connectivity index (χ0) is 7.31. The van der Waals surface area contributed by atoms with E-state index in [0.717, 1.165) is 25.2 Å². The van der Waals surface area contributed by atoms with Gasteiger partial charge in [0.1, 0.15) is 11.9 Å². The van der Waals surface area contributed by atoms with Gasteiger partial charge in [0.2, 0.25) is 0 Å². The normalized spacial score (nSPS) is 41.3. The minimum absolute atomic E-state index is 0. The Morgan fingerprint density at radius 1 is 1.50 bits per heavy atom. The second-order valence-corrected chi connectivity index (χ2v) is 3.30. The first-order chi connectivity index (χ1) is 5.42. The second kappa shape index (κ2) is 2.88. The molecule has 0 amide bonds. The molecule has 2 aliphatic heterocycles. The van der Waals surface area contributed by atoms with E-state index in [9.17, 15) is 0 Å². The maximum absolute atomic E-state index is 5.59. The van der Waals surface area contributed by atoms with Gasteiger partial charge in [-0.05, 0) is 18.9 Å². The van der Waals surface area contributed by atoms with Crippen LogP contribution in [-0.2, 0) is 9.47 Å². The van der Waals surface area contributed by atoms with Crippen molar-refractivity contribution in [2.75, 3.05) is 6.61 Å². The van der Waals surface area contributed by atoms with Crippen molar-refractivity contribution in [3.63, 3.8) is 0 Å². The Hall–Kier alpha value is 0.240. The molecule has 1 radical (unpaired) electrons. The molecule has 0 saturated carbocycles. The summed E-state index contributed by atoms with van der Waals surface area (Å²) < 4.78 is 11.1. The fourth-order valence-corrected chi connectivity index (χ4v) is 1.98. The molecule has 1 spiro atoms. The van der Waals surface area contributed by atoms with Gasteiger partial charge >= 0.3 is 0 Å². The second-order valence-electron chi connectivity index (χ2n) is 3.30. The first kappa shape index (κ1) is 8.82. The average Bonchev–Trinajstić information content (AvgIpc) is 2.75. The van der Waals surface area contributed by atoms with Crippen LogP contribution in [0.5, 0.6) is 0 Å². The molecule has 0 aromatic carbocycles. The van der Waals surface area contributed by atoms with Crippen molar-refractivity contribution < 1.29 is 9.47 Å². The molecular formula is C9H10NaO2. The molecule has 0 N–H and O–H groups in total. The average molecular weight is 173 g/mol. The van der Waals surface area contributed by atoms with Crippen molar-refractivity contribution >= 4 is 29.6 Å². The van der Waals surface area contributed by atoms with E-state index in [1.54, 1.807) is 0 Å². The summed E-state index contributed by atoms with van der Waals surface area (Å²) in [7, 11) is 0. The van der Waals surface area contributed by atoms with E-state index >= 15 is 0 Å². The summed E-state index contributed by atoms with van der Waals surface area (Å²) in [5, 5.41) is 0. The Bertz CT molecular complexity index is 259. The van der Waals surface area contributed by atoms with Crippen LogP contribution in [0.4, 0.5) is 0 Å². The quantitative estimate of drug-likeness (QED) is 0.403. The van der Waals surface area contributed by atoms with Gasteiger partial charge in [0.05, 0.1) is 6.61 Å². The molecule has 2 unspecified atom stereocenters. The van der Waals surface area contributed by atoms with E-state index in [0.29, 0.717) is 6.10 Å². The number of hydrogen-bond acceptors (Lipinski definition) is 2. The van der Waals surface area contributed by atoms with E-state index in [1.165, 1.54) is 0 Å². The van der Waals surface area contributed by atoms with Crippen molar-refractivity contribution in [1.82, 2.24) is 0 Å². The fourth-order valence-electron chi connectivity index (χ4n) is 1.98. The largest absolute Gasteiger partial charge is 0.495 e. The molecular weight excluding hydrogens is 163 g/mol. The van der Waals surface area contributed by atoms with Gasteiger partial charge in [-0.15, -0.1) is 0 Å². The number of ether oxygens (including phenoxy) is 2. The van der Waals surface area contributed by atoms with E-state index in [4.69, 9.17) is 9.47 Å². The van der Waals surface area contributed by atoms with Gasteiger partial charge in [-0.3, -0.25) is 0 Å². The van der Waals surface area contributed by atoms with Crippen molar-refractivity contribution in [2.45, 2.75) is 24.5 Å². The predicted molar refractivity (Wildman–Crippen MR) is 45.8 cm³/mol. The van der Waals surface area contributed by atoms with Crippen LogP contribution in [-0.4, -0.2) is 47.9 Å². The molecule has 2 saturated heterocycles. The van der Waals surface area contributed by atoms with E-state index < -0.39 is 0 Å². The van der Waals surface area contributed by atoms with E-state index in [2.05, 4.69) is 6.08 Å². The molecule has 1 aliphatic carbocycles. The maximum Gasteiger partial charge on any atom is 0.155 e. The molecule has 2 heterocycles. The standard InChI is InChI=1S/C9H10O2.Na/c1-3-7-9(5-2-6-10-7)8(4-1)11-9;/h1,3-4,8H,2,5-6H2;. The van der Waals surface area contributed by atoms with Gasteiger partial charge in [-0.2, -0.15) is 0 Å². The molecule has 3 aliphatic rings. The summed E-state index contributed by atoms with van der Waals surface area (Å²) in [5.74, 6) is 1.05. The van der Waals surface area contributed by atoms with Crippen LogP contribution in [0, 0.1) is 0 Å². The number of epoxide rings is 1. The van der Waals surface area contributed by atoms with Gasteiger partial charge < -0.3 is 9.47 Å². The molecule has 12 heavy (non-hydrogen) atoms. The Kier molecular flexibility index (Phi) is 2.11. The zero-order valence-corrected chi connectivity index (χ0v) is 9.25. The summed E-state index contributed by atoms with van der Waals surface area (Å²) >= 11 is 0. The van der Waals surface area contributed by atoms with Gasteiger partial charge in [0.15, 0.2) is 5.60 Å². The van der Waals surface area contributed by atoms with Gasteiger partial charge in [0.25, 0.3) is 0 Å². The van der Waals surface area contributed by atoms with Gasteiger partial charge in [0, 0.05) is 29.6 Å². The molecule has 0 aromatic rings. The number of rotatable bonds is 0. The van der Waals surface area contributed by atoms with Crippen molar-refractivity contribution in [1.29, 1.82) is 0 Å². The SMILES string of the molecule is C1=CC2OC23CCCOC3=C1.[Na]. The fraction of sp³-hybridized carbons (Fsp3) is 0.556. The molecule has 0 aromatic heterocycles. The van der Waals surface area contributed by atoms with Crippen LogP contribution in [0.2, 0.25) is 0 Å². The van der Waals surface area contributed by atoms with Crippen molar-refractivity contribution in [3.8, 4) is 0 Å². The van der Waals surface area contributed by atoms with Crippen LogP contribution < -0.4 is 0 Å². The van der Waals surface area contributed by atoms with E-state index in [1.807, 2.05) is 12.2 Å². The molecule has 59 valence electrons. The third kappa shape index (κ3) is 1.02. The van der Waals surface area contributed by atoms with Gasteiger partial charge in [-0.1, -0.05) is 12.2 Å². The predicted octanol–water partition coefficient (Wildman–Crippen LogP) is 1.01. The van der Waals surface area contributed by atoms with Crippen molar-refractivity contribution in [2.24, 2.45) is 0 Å². The van der Waals surface area contributed by atoms with Crippen LogP contribution >= 0.6 is 0 Å².